The smallest absolute Gasteiger partial charge is 0.277 e. The van der Waals surface area contributed by atoms with Gasteiger partial charge in [0.2, 0.25) is 5.88 Å². The van der Waals surface area contributed by atoms with Gasteiger partial charge in [0.15, 0.2) is 5.52 Å². The number of aromatic nitrogens is 3. The van der Waals surface area contributed by atoms with Crippen molar-refractivity contribution in [2.45, 2.75) is 31.0 Å². The number of hydrogen-bond donors (Lipinski definition) is 2. The summed E-state index contributed by atoms with van der Waals surface area (Å²) in [5.41, 5.74) is 2.81. The van der Waals surface area contributed by atoms with Gasteiger partial charge in [-0.1, -0.05) is 24.3 Å². The molecule has 10 nitrogen and oxygen atoms in total. The Morgan fingerprint density at radius 2 is 1.94 bits per heavy atom. The predicted octanol–water partition coefficient (Wildman–Crippen LogP) is 1.46. The van der Waals surface area contributed by atoms with Gasteiger partial charge >= 0.3 is 0 Å². The molecule has 0 unspecified atom stereocenters. The molecule has 12 heteroatoms. The van der Waals surface area contributed by atoms with Gasteiger partial charge in [0.25, 0.3) is 10.2 Å². The number of pyridine rings is 1. The van der Waals surface area contributed by atoms with Crippen molar-refractivity contribution in [3.8, 4) is 17.1 Å². The Labute approximate surface area is 204 Å². The number of nitrogens with zero attached hydrogens (tertiary/aromatic N) is 4. The normalized spacial score (nSPS) is 20.4. The lowest BCUT2D eigenvalue weighted by Gasteiger charge is -2.37. The highest BCUT2D eigenvalue weighted by Crippen LogP contribution is 2.41. The lowest BCUT2D eigenvalue weighted by Crippen LogP contribution is -2.49. The number of benzene rings is 1. The van der Waals surface area contributed by atoms with E-state index in [0.717, 1.165) is 30.4 Å². The Balaban J connectivity index is 0.00000274. The minimum Gasteiger partial charge on any atom is -0.473 e. The van der Waals surface area contributed by atoms with Gasteiger partial charge in [-0.25, -0.2) is 15.1 Å². The molecule has 2 aromatic heterocycles. The van der Waals surface area contributed by atoms with Crippen LogP contribution in [0.15, 0.2) is 42.7 Å². The van der Waals surface area contributed by atoms with Crippen molar-refractivity contribution in [1.29, 1.82) is 0 Å². The van der Waals surface area contributed by atoms with Gasteiger partial charge in [-0.05, 0) is 30.9 Å². The standard InChI is InChI=1S/C22H25N5O5S.H2S/c23-33(29,30)27-10-11-31-17(13-27)14-32-21-20-19(24-8-9-25-20)12-18(26-21)15-2-4-16(5-3-15)22(28)6-1-7-22;/h2-5,8-9,12,17,28H,1,6-7,10-11,13-14H2,(H2,23,29,30);1H2/t17-;/m0./s1. The first-order valence-corrected chi connectivity index (χ1v) is 12.3. The van der Waals surface area contributed by atoms with Crippen molar-refractivity contribution in [1.82, 2.24) is 19.3 Å². The third-order valence-corrected chi connectivity index (χ3v) is 7.24. The van der Waals surface area contributed by atoms with E-state index in [-0.39, 0.29) is 45.7 Å². The summed E-state index contributed by atoms with van der Waals surface area (Å²) >= 11 is 0. The van der Waals surface area contributed by atoms with Crippen LogP contribution in [0.5, 0.6) is 5.88 Å². The van der Waals surface area contributed by atoms with Gasteiger partial charge in [-0.2, -0.15) is 26.2 Å². The Morgan fingerprint density at radius 3 is 2.62 bits per heavy atom. The number of aliphatic hydroxyl groups is 1. The van der Waals surface area contributed by atoms with Crippen LogP contribution in [0.4, 0.5) is 0 Å². The summed E-state index contributed by atoms with van der Waals surface area (Å²) in [5.74, 6) is 0.286. The van der Waals surface area contributed by atoms with Crippen molar-refractivity contribution in [3.05, 3.63) is 48.3 Å². The molecule has 1 atom stereocenters. The van der Waals surface area contributed by atoms with E-state index >= 15 is 0 Å². The molecule has 1 saturated heterocycles. The first-order chi connectivity index (χ1) is 15.8. The van der Waals surface area contributed by atoms with Crippen molar-refractivity contribution >= 4 is 34.7 Å². The SMILES string of the molecule is NS(=O)(=O)N1CCO[C@H](COc2nc(-c3ccc(C4(O)CCC4)cc3)cc3nccnc23)C1.S. The van der Waals surface area contributed by atoms with Gasteiger partial charge in [-0.3, -0.25) is 4.98 Å². The predicted molar refractivity (Wildman–Crippen MR) is 131 cm³/mol. The fourth-order valence-electron chi connectivity index (χ4n) is 4.14. The minimum absolute atomic E-state index is 0. The van der Waals surface area contributed by atoms with Crippen LogP contribution in [-0.4, -0.2) is 65.2 Å². The molecule has 1 aromatic carbocycles. The van der Waals surface area contributed by atoms with Crippen molar-refractivity contribution in [2.75, 3.05) is 26.3 Å². The second-order valence-corrected chi connectivity index (χ2v) is 9.95. The zero-order valence-electron chi connectivity index (χ0n) is 18.4. The summed E-state index contributed by atoms with van der Waals surface area (Å²) in [7, 11) is -3.79. The molecule has 1 aliphatic carbocycles. The molecule has 0 bridgehead atoms. The number of rotatable bonds is 6. The monoisotopic (exact) mass is 505 g/mol. The molecule has 1 saturated carbocycles. The molecule has 2 fully saturated rings. The topological polar surface area (TPSA) is 141 Å². The molecule has 3 N–H and O–H groups in total. The Bertz CT molecular complexity index is 1270. The molecule has 3 aromatic rings. The van der Waals surface area contributed by atoms with E-state index in [0.29, 0.717) is 16.7 Å². The first-order valence-electron chi connectivity index (χ1n) is 10.8. The quantitative estimate of drug-likeness (QED) is 0.513. The molecule has 0 spiro atoms. The van der Waals surface area contributed by atoms with Crippen LogP contribution in [0, 0.1) is 0 Å². The zero-order chi connectivity index (χ0) is 23.1. The van der Waals surface area contributed by atoms with Gasteiger partial charge in [0.05, 0.1) is 23.4 Å². The van der Waals surface area contributed by atoms with E-state index in [1.807, 2.05) is 30.3 Å². The highest BCUT2D eigenvalue weighted by molar-refractivity contribution is 7.86. The maximum Gasteiger partial charge on any atom is 0.277 e. The van der Waals surface area contributed by atoms with Crippen LogP contribution in [-0.2, 0) is 20.5 Å². The summed E-state index contributed by atoms with van der Waals surface area (Å²) in [6.07, 6.45) is 5.25. The molecular weight excluding hydrogens is 478 g/mol. The molecular formula is C22H27N5O5S2. The number of morpholine rings is 1. The molecule has 5 rings (SSSR count). The van der Waals surface area contributed by atoms with Crippen LogP contribution >= 0.6 is 13.5 Å². The van der Waals surface area contributed by atoms with E-state index in [4.69, 9.17) is 14.6 Å². The average molecular weight is 506 g/mol. The van der Waals surface area contributed by atoms with Crippen LogP contribution in [0.3, 0.4) is 0 Å². The van der Waals surface area contributed by atoms with Gasteiger partial charge in [-0.15, -0.1) is 0 Å². The Hall–Kier alpha value is -2.35. The number of fused-ring (bicyclic) bond motifs is 1. The maximum atomic E-state index is 11.7. The number of hydrogen-bond acceptors (Lipinski definition) is 8. The van der Waals surface area contributed by atoms with E-state index < -0.39 is 21.9 Å². The average Bonchev–Trinajstić information content (AvgIpc) is 2.80. The molecule has 34 heavy (non-hydrogen) atoms. The lowest BCUT2D eigenvalue weighted by molar-refractivity contribution is -0.0387. The van der Waals surface area contributed by atoms with Crippen molar-refractivity contribution < 1.29 is 23.0 Å². The van der Waals surface area contributed by atoms with Gasteiger partial charge in [0, 0.05) is 31.0 Å². The molecule has 1 aliphatic heterocycles. The molecule has 0 amide bonds. The summed E-state index contributed by atoms with van der Waals surface area (Å²) in [5, 5.41) is 15.8. The second-order valence-electron chi connectivity index (χ2n) is 8.41. The Morgan fingerprint density at radius 1 is 1.21 bits per heavy atom. The lowest BCUT2D eigenvalue weighted by atomic mass is 9.75. The fraction of sp³-hybridized carbons (Fsp3) is 0.409. The van der Waals surface area contributed by atoms with Crippen LogP contribution in [0.25, 0.3) is 22.3 Å². The summed E-state index contributed by atoms with van der Waals surface area (Å²) in [6.45, 7) is 0.631. The largest absolute Gasteiger partial charge is 0.473 e. The highest BCUT2D eigenvalue weighted by atomic mass is 32.2. The van der Waals surface area contributed by atoms with E-state index in [1.165, 1.54) is 4.31 Å². The second kappa shape index (κ2) is 9.72. The molecule has 2 aliphatic rings. The van der Waals surface area contributed by atoms with E-state index in [1.54, 1.807) is 12.4 Å². The summed E-state index contributed by atoms with van der Waals surface area (Å²) < 4.78 is 36.1. The third kappa shape index (κ3) is 5.02. The first kappa shape index (κ1) is 24.8. The van der Waals surface area contributed by atoms with Gasteiger partial charge < -0.3 is 14.6 Å². The van der Waals surface area contributed by atoms with E-state index in [9.17, 15) is 13.5 Å². The molecule has 0 radical (unpaired) electrons. The van der Waals surface area contributed by atoms with Crippen LogP contribution in [0.2, 0.25) is 0 Å². The maximum absolute atomic E-state index is 11.7. The van der Waals surface area contributed by atoms with Crippen molar-refractivity contribution in [2.24, 2.45) is 5.14 Å². The van der Waals surface area contributed by atoms with Crippen molar-refractivity contribution in [3.63, 3.8) is 0 Å². The van der Waals surface area contributed by atoms with Crippen LogP contribution < -0.4 is 9.88 Å². The van der Waals surface area contributed by atoms with E-state index in [2.05, 4.69) is 15.0 Å². The number of nitrogens with two attached hydrogens (primary N) is 1. The number of ether oxygens (including phenoxy) is 2. The summed E-state index contributed by atoms with van der Waals surface area (Å²) in [6, 6.07) is 9.54. The van der Waals surface area contributed by atoms with Crippen LogP contribution in [0.1, 0.15) is 24.8 Å². The Kier molecular flexibility index (Phi) is 7.08. The zero-order valence-corrected chi connectivity index (χ0v) is 20.2. The highest BCUT2D eigenvalue weighted by Gasteiger charge is 2.36. The molecule has 3 heterocycles. The third-order valence-electron chi connectivity index (χ3n) is 6.19. The van der Waals surface area contributed by atoms with Gasteiger partial charge in [0.1, 0.15) is 12.7 Å². The minimum atomic E-state index is -3.79. The molecule has 182 valence electrons. The fourth-order valence-corrected chi connectivity index (χ4v) is 4.84. The summed E-state index contributed by atoms with van der Waals surface area (Å²) in [4.78, 5) is 13.4.